The average Bonchev–Trinajstić information content (AvgIpc) is 2.90. The van der Waals surface area contributed by atoms with Crippen molar-refractivity contribution in [1.29, 1.82) is 0 Å². The molecule has 2 aromatic rings. The Morgan fingerprint density at radius 2 is 1.95 bits per heavy atom. The van der Waals surface area contributed by atoms with E-state index in [1.807, 2.05) is 6.07 Å². The molecule has 108 valence electrons. The number of furan rings is 1. The lowest BCUT2D eigenvalue weighted by Crippen LogP contribution is -2.26. The highest BCUT2D eigenvalue weighted by molar-refractivity contribution is 5.27. The van der Waals surface area contributed by atoms with Crippen LogP contribution in [0.5, 0.6) is 0 Å². The summed E-state index contributed by atoms with van der Waals surface area (Å²) in [5, 5.41) is 3.57. The Kier molecular flexibility index (Phi) is 5.42. The van der Waals surface area contributed by atoms with Crippen molar-refractivity contribution in [1.82, 2.24) is 5.32 Å². The Morgan fingerprint density at radius 1 is 1.10 bits per heavy atom. The van der Waals surface area contributed by atoms with E-state index < -0.39 is 0 Å². The molecule has 1 N–H and O–H groups in total. The maximum absolute atomic E-state index is 5.52. The summed E-state index contributed by atoms with van der Waals surface area (Å²) in [6.07, 6.45) is 2.70. The van der Waals surface area contributed by atoms with Gasteiger partial charge in [0.1, 0.15) is 5.76 Å². The molecule has 0 fully saturated rings. The number of hydrogen-bond acceptors (Lipinski definition) is 2. The van der Waals surface area contributed by atoms with Crippen LogP contribution in [0.1, 0.15) is 36.7 Å². The van der Waals surface area contributed by atoms with Gasteiger partial charge in [0.25, 0.3) is 0 Å². The van der Waals surface area contributed by atoms with Crippen molar-refractivity contribution in [2.24, 2.45) is 5.92 Å². The number of nitrogens with one attached hydrogen (secondary N) is 1. The van der Waals surface area contributed by atoms with E-state index >= 15 is 0 Å². The van der Waals surface area contributed by atoms with Crippen LogP contribution in [0.15, 0.2) is 47.1 Å². The third-order valence-corrected chi connectivity index (χ3v) is 3.48. The van der Waals surface area contributed by atoms with Gasteiger partial charge in [0.05, 0.1) is 6.26 Å². The van der Waals surface area contributed by atoms with Crippen molar-refractivity contribution in [3.05, 3.63) is 59.5 Å². The van der Waals surface area contributed by atoms with Crippen molar-refractivity contribution in [3.8, 4) is 0 Å². The molecule has 0 aliphatic heterocycles. The standard InChI is InChI=1S/C18H25NO/c1-14(2)12-19-13-17(11-18-8-5-9-20-18)16-7-4-6-15(3)10-16/h4-10,14,17,19H,11-13H2,1-3H3. The second-order valence-electron chi connectivity index (χ2n) is 5.95. The Bertz CT molecular complexity index is 502. The first kappa shape index (κ1) is 14.9. The molecule has 1 unspecified atom stereocenters. The Balaban J connectivity index is 2.06. The zero-order valence-corrected chi connectivity index (χ0v) is 12.7. The molecule has 1 heterocycles. The van der Waals surface area contributed by atoms with Gasteiger partial charge in [-0.2, -0.15) is 0 Å². The van der Waals surface area contributed by atoms with Crippen LogP contribution in [-0.4, -0.2) is 13.1 Å². The fraction of sp³-hybridized carbons (Fsp3) is 0.444. The van der Waals surface area contributed by atoms with Gasteiger partial charge >= 0.3 is 0 Å². The van der Waals surface area contributed by atoms with E-state index in [9.17, 15) is 0 Å². The third-order valence-electron chi connectivity index (χ3n) is 3.48. The molecular weight excluding hydrogens is 246 g/mol. The van der Waals surface area contributed by atoms with Gasteiger partial charge in [0, 0.05) is 18.9 Å². The fourth-order valence-corrected chi connectivity index (χ4v) is 2.45. The lowest BCUT2D eigenvalue weighted by molar-refractivity contribution is 0.461. The van der Waals surface area contributed by atoms with Crippen molar-refractivity contribution in [3.63, 3.8) is 0 Å². The minimum Gasteiger partial charge on any atom is -0.469 e. The van der Waals surface area contributed by atoms with Crippen LogP contribution in [0.3, 0.4) is 0 Å². The van der Waals surface area contributed by atoms with Crippen molar-refractivity contribution >= 4 is 0 Å². The normalized spacial score (nSPS) is 12.8. The van der Waals surface area contributed by atoms with Gasteiger partial charge in [-0.15, -0.1) is 0 Å². The quantitative estimate of drug-likeness (QED) is 0.818. The molecule has 0 radical (unpaired) electrons. The van der Waals surface area contributed by atoms with E-state index in [0.29, 0.717) is 11.8 Å². The molecule has 20 heavy (non-hydrogen) atoms. The summed E-state index contributed by atoms with van der Waals surface area (Å²) in [4.78, 5) is 0. The molecular formula is C18H25NO. The van der Waals surface area contributed by atoms with Gasteiger partial charge in [0.2, 0.25) is 0 Å². The van der Waals surface area contributed by atoms with Crippen LogP contribution in [0.4, 0.5) is 0 Å². The summed E-state index contributed by atoms with van der Waals surface area (Å²) in [6, 6.07) is 12.8. The maximum Gasteiger partial charge on any atom is 0.104 e. The molecule has 1 atom stereocenters. The molecule has 0 aliphatic rings. The van der Waals surface area contributed by atoms with Crippen molar-refractivity contribution in [2.75, 3.05) is 13.1 Å². The summed E-state index contributed by atoms with van der Waals surface area (Å²) in [6.45, 7) is 8.67. The van der Waals surface area contributed by atoms with E-state index in [-0.39, 0.29) is 0 Å². The van der Waals surface area contributed by atoms with Crippen LogP contribution in [0, 0.1) is 12.8 Å². The van der Waals surface area contributed by atoms with Crippen LogP contribution in [0.2, 0.25) is 0 Å². The topological polar surface area (TPSA) is 25.2 Å². The molecule has 0 aliphatic carbocycles. The molecule has 0 saturated carbocycles. The van der Waals surface area contributed by atoms with E-state index in [2.05, 4.69) is 56.4 Å². The largest absolute Gasteiger partial charge is 0.469 e. The summed E-state index contributed by atoms with van der Waals surface area (Å²) >= 11 is 0. The number of benzene rings is 1. The Morgan fingerprint density at radius 3 is 2.60 bits per heavy atom. The molecule has 2 rings (SSSR count). The SMILES string of the molecule is Cc1cccc(C(CNCC(C)C)Cc2ccco2)c1. The van der Waals surface area contributed by atoms with E-state index in [1.165, 1.54) is 11.1 Å². The van der Waals surface area contributed by atoms with Gasteiger partial charge in [0.15, 0.2) is 0 Å². The van der Waals surface area contributed by atoms with Crippen LogP contribution in [-0.2, 0) is 6.42 Å². The highest BCUT2D eigenvalue weighted by Crippen LogP contribution is 2.21. The molecule has 2 nitrogen and oxygen atoms in total. The Hall–Kier alpha value is -1.54. The molecule has 1 aromatic carbocycles. The molecule has 0 amide bonds. The first-order valence-electron chi connectivity index (χ1n) is 7.45. The van der Waals surface area contributed by atoms with E-state index in [1.54, 1.807) is 6.26 Å². The molecule has 0 spiro atoms. The van der Waals surface area contributed by atoms with E-state index in [0.717, 1.165) is 25.3 Å². The second kappa shape index (κ2) is 7.30. The van der Waals surface area contributed by atoms with Crippen LogP contribution in [0.25, 0.3) is 0 Å². The predicted octanol–water partition coefficient (Wildman–Crippen LogP) is 4.16. The fourth-order valence-electron chi connectivity index (χ4n) is 2.45. The zero-order valence-electron chi connectivity index (χ0n) is 12.7. The summed E-state index contributed by atoms with van der Waals surface area (Å²) in [7, 11) is 0. The van der Waals surface area contributed by atoms with Gasteiger partial charge in [-0.3, -0.25) is 0 Å². The smallest absolute Gasteiger partial charge is 0.104 e. The van der Waals surface area contributed by atoms with Gasteiger partial charge in [-0.05, 0) is 37.1 Å². The molecule has 0 saturated heterocycles. The minimum absolute atomic E-state index is 0.458. The molecule has 2 heteroatoms. The number of aryl methyl sites for hydroxylation is 1. The third kappa shape index (κ3) is 4.53. The summed E-state index contributed by atoms with van der Waals surface area (Å²) < 4.78 is 5.52. The zero-order chi connectivity index (χ0) is 14.4. The number of hydrogen-bond donors (Lipinski definition) is 1. The second-order valence-corrected chi connectivity index (χ2v) is 5.95. The Labute approximate surface area is 122 Å². The highest BCUT2D eigenvalue weighted by Gasteiger charge is 2.14. The van der Waals surface area contributed by atoms with Gasteiger partial charge in [-0.25, -0.2) is 0 Å². The summed E-state index contributed by atoms with van der Waals surface area (Å²) in [5.41, 5.74) is 2.70. The van der Waals surface area contributed by atoms with Crippen molar-refractivity contribution < 1.29 is 4.42 Å². The van der Waals surface area contributed by atoms with Gasteiger partial charge in [-0.1, -0.05) is 43.7 Å². The number of rotatable bonds is 7. The first-order chi connectivity index (χ1) is 9.65. The maximum atomic E-state index is 5.52. The minimum atomic E-state index is 0.458. The highest BCUT2D eigenvalue weighted by atomic mass is 16.3. The lowest BCUT2D eigenvalue weighted by atomic mass is 9.93. The van der Waals surface area contributed by atoms with Crippen molar-refractivity contribution in [2.45, 2.75) is 33.1 Å². The monoisotopic (exact) mass is 271 g/mol. The lowest BCUT2D eigenvalue weighted by Gasteiger charge is -2.18. The average molecular weight is 271 g/mol. The van der Waals surface area contributed by atoms with Crippen LogP contribution >= 0.6 is 0 Å². The molecule has 0 bridgehead atoms. The van der Waals surface area contributed by atoms with Gasteiger partial charge < -0.3 is 9.73 Å². The molecule has 1 aromatic heterocycles. The van der Waals surface area contributed by atoms with Crippen LogP contribution < -0.4 is 5.32 Å². The summed E-state index contributed by atoms with van der Waals surface area (Å²) in [5.74, 6) is 2.19. The first-order valence-corrected chi connectivity index (χ1v) is 7.45. The van der Waals surface area contributed by atoms with E-state index in [4.69, 9.17) is 4.42 Å². The predicted molar refractivity (Wildman–Crippen MR) is 84.0 cm³/mol.